The molecule has 3 amide bonds. The van der Waals surface area contributed by atoms with Gasteiger partial charge in [-0.05, 0) is 61.3 Å². The number of non-ortho nitro benzene ring substituents is 1. The largest absolute Gasteiger partial charge is 0.394 e. The van der Waals surface area contributed by atoms with Crippen molar-refractivity contribution in [1.29, 1.82) is 0 Å². The summed E-state index contributed by atoms with van der Waals surface area (Å²) in [5.41, 5.74) is 0.900. The third kappa shape index (κ3) is 6.21. The summed E-state index contributed by atoms with van der Waals surface area (Å²) in [6.45, 7) is 6.18. The van der Waals surface area contributed by atoms with Crippen LogP contribution in [0.25, 0.3) is 0 Å². The number of anilines is 2. The SMILES string of the molecule is C[C@H](O)C(=O)Nc1ccc(CN2C(=O)[C@]3(O[C@H](CC(=O)N4Cc5ccccc5C[C@H]4CO)[C@@H]([Si](C)(C)F)[C@@H]3C)c3cc([N+](=O)[O-])ccc32)cc1. The molecule has 3 N–H and O–H groups in total. The number of carbonyl (C=O) groups is 3. The predicted octanol–water partition coefficient (Wildman–Crippen LogP) is 4.57. The molecule has 0 bridgehead atoms. The third-order valence-corrected chi connectivity index (χ3v) is 12.8. The van der Waals surface area contributed by atoms with Gasteiger partial charge in [0.15, 0.2) is 5.60 Å². The second-order valence-electron chi connectivity index (χ2n) is 14.0. The topological polar surface area (TPSA) is 163 Å². The molecule has 12 nitrogen and oxygen atoms in total. The van der Waals surface area contributed by atoms with Crippen molar-refractivity contribution in [2.24, 2.45) is 5.92 Å². The normalized spacial score (nSPS) is 25.0. The maximum atomic E-state index is 16.4. The molecule has 3 aromatic carbocycles. The number of nitrogens with zero attached hydrogens (tertiary/aromatic N) is 3. The van der Waals surface area contributed by atoms with Crippen molar-refractivity contribution in [1.82, 2.24) is 4.90 Å². The van der Waals surface area contributed by atoms with Crippen molar-refractivity contribution in [3.63, 3.8) is 0 Å². The molecule has 264 valence electrons. The van der Waals surface area contributed by atoms with E-state index in [1.165, 1.54) is 43.1 Å². The summed E-state index contributed by atoms with van der Waals surface area (Å²) in [6, 6.07) is 18.0. The summed E-state index contributed by atoms with van der Waals surface area (Å²) in [7, 11) is -3.66. The maximum absolute atomic E-state index is 16.4. The molecule has 3 heterocycles. The van der Waals surface area contributed by atoms with E-state index < -0.39 is 60.5 Å². The Bertz CT molecular complexity index is 1830. The standard InChI is InChI=1S/C36H41FN4O8Si/c1-21-33(50(3,4)37)31(17-32(44)39-19-25-8-6-5-7-24(25)15-28(39)20-42)49-36(21)29-16-27(41(47)48)13-14-30(29)40(35(36)46)18-23-9-11-26(12-10-23)38-34(45)22(2)43/h5-14,16,21-22,28,31,33,42-43H,15,17-20H2,1-4H3,(H,38,45)/t21-,22-,28-,31+,33-,36+/m0/s1. The van der Waals surface area contributed by atoms with Gasteiger partial charge in [-0.3, -0.25) is 24.5 Å². The lowest BCUT2D eigenvalue weighted by Crippen LogP contribution is -2.48. The van der Waals surface area contributed by atoms with Gasteiger partial charge in [0.05, 0.1) is 42.3 Å². The van der Waals surface area contributed by atoms with Crippen molar-refractivity contribution in [3.8, 4) is 0 Å². The van der Waals surface area contributed by atoms with Crippen LogP contribution in [0.1, 0.15) is 42.5 Å². The van der Waals surface area contributed by atoms with Gasteiger partial charge < -0.3 is 34.2 Å². The van der Waals surface area contributed by atoms with Gasteiger partial charge in [0, 0.05) is 41.4 Å². The number of nitrogens with one attached hydrogen (secondary N) is 1. The molecule has 0 aromatic heterocycles. The number of rotatable bonds is 9. The first-order valence-corrected chi connectivity index (χ1v) is 19.6. The number of benzene rings is 3. The fourth-order valence-corrected chi connectivity index (χ4v) is 10.5. The van der Waals surface area contributed by atoms with Crippen molar-refractivity contribution in [2.75, 3.05) is 16.8 Å². The summed E-state index contributed by atoms with van der Waals surface area (Å²) in [4.78, 5) is 55.1. The zero-order chi connectivity index (χ0) is 36.1. The zero-order valence-electron chi connectivity index (χ0n) is 28.3. The lowest BCUT2D eigenvalue weighted by atomic mass is 9.82. The minimum Gasteiger partial charge on any atom is -0.394 e. The molecular weight excluding hydrogens is 664 g/mol. The van der Waals surface area contributed by atoms with Gasteiger partial charge in [-0.15, -0.1) is 0 Å². The number of aliphatic hydroxyl groups is 2. The molecule has 1 saturated heterocycles. The Morgan fingerprint density at radius 1 is 1.14 bits per heavy atom. The van der Waals surface area contributed by atoms with Crippen LogP contribution in [0.3, 0.4) is 0 Å². The van der Waals surface area contributed by atoms with E-state index in [9.17, 15) is 34.7 Å². The average Bonchev–Trinajstić information content (AvgIpc) is 3.50. The summed E-state index contributed by atoms with van der Waals surface area (Å²) in [6.07, 6.45) is -1.97. The van der Waals surface area contributed by atoms with E-state index in [0.717, 1.165) is 11.1 Å². The van der Waals surface area contributed by atoms with Gasteiger partial charge in [-0.25, -0.2) is 0 Å². The molecule has 3 aliphatic heterocycles. The number of amides is 3. The van der Waals surface area contributed by atoms with Crippen LogP contribution in [-0.4, -0.2) is 71.0 Å². The highest BCUT2D eigenvalue weighted by molar-refractivity contribution is 6.72. The van der Waals surface area contributed by atoms with Crippen LogP contribution in [0, 0.1) is 16.0 Å². The van der Waals surface area contributed by atoms with E-state index in [1.54, 1.807) is 36.1 Å². The van der Waals surface area contributed by atoms with Crippen molar-refractivity contribution in [3.05, 3.63) is 99.1 Å². The zero-order valence-corrected chi connectivity index (χ0v) is 29.3. The molecule has 14 heteroatoms. The molecular formula is C36H41FN4O8Si. The molecule has 6 rings (SSSR count). The Labute approximate surface area is 290 Å². The predicted molar refractivity (Wildman–Crippen MR) is 185 cm³/mol. The number of ether oxygens (including phenoxy) is 1. The Hall–Kier alpha value is -4.50. The number of carbonyl (C=O) groups excluding carboxylic acids is 3. The molecule has 50 heavy (non-hydrogen) atoms. The molecule has 1 spiro atoms. The van der Waals surface area contributed by atoms with Gasteiger partial charge >= 0.3 is 0 Å². The van der Waals surface area contributed by atoms with Crippen molar-refractivity contribution < 1.29 is 38.4 Å². The van der Waals surface area contributed by atoms with E-state index in [1.807, 2.05) is 24.3 Å². The van der Waals surface area contributed by atoms with Crippen molar-refractivity contribution >= 4 is 43.2 Å². The van der Waals surface area contributed by atoms with Gasteiger partial charge in [-0.2, -0.15) is 0 Å². The molecule has 3 aromatic rings. The highest BCUT2D eigenvalue weighted by atomic mass is 28.4. The number of halogens is 1. The Morgan fingerprint density at radius 3 is 2.44 bits per heavy atom. The van der Waals surface area contributed by atoms with Crippen LogP contribution in [0.4, 0.5) is 21.2 Å². The second-order valence-corrected chi connectivity index (χ2v) is 17.8. The van der Waals surface area contributed by atoms with Crippen LogP contribution < -0.4 is 10.2 Å². The first kappa shape index (κ1) is 35.3. The Morgan fingerprint density at radius 2 is 1.82 bits per heavy atom. The van der Waals surface area contributed by atoms with E-state index >= 15 is 4.11 Å². The molecule has 0 saturated carbocycles. The first-order chi connectivity index (χ1) is 23.6. The fourth-order valence-electron chi connectivity index (χ4n) is 7.96. The van der Waals surface area contributed by atoms with Gasteiger partial charge in [0.25, 0.3) is 17.5 Å². The van der Waals surface area contributed by atoms with E-state index in [2.05, 4.69) is 5.32 Å². The fraction of sp³-hybridized carbons (Fsp3) is 0.417. The van der Waals surface area contributed by atoms with Crippen LogP contribution in [0.5, 0.6) is 0 Å². The third-order valence-electron chi connectivity index (χ3n) is 10.4. The number of hydrogen-bond donors (Lipinski definition) is 3. The molecule has 0 aliphatic carbocycles. The lowest BCUT2D eigenvalue weighted by Gasteiger charge is -2.37. The molecule has 3 aliphatic rings. The number of fused-ring (bicyclic) bond motifs is 3. The summed E-state index contributed by atoms with van der Waals surface area (Å²) >= 11 is 0. The van der Waals surface area contributed by atoms with Gasteiger partial charge in [0.1, 0.15) is 6.10 Å². The molecule has 6 atom stereocenters. The van der Waals surface area contributed by atoms with E-state index in [4.69, 9.17) is 4.74 Å². The number of aliphatic hydroxyl groups excluding tert-OH is 2. The summed E-state index contributed by atoms with van der Waals surface area (Å²) < 4.78 is 23.1. The van der Waals surface area contributed by atoms with E-state index in [0.29, 0.717) is 23.4 Å². The second kappa shape index (κ2) is 13.3. The quantitative estimate of drug-likeness (QED) is 0.126. The smallest absolute Gasteiger partial charge is 0.269 e. The monoisotopic (exact) mass is 704 g/mol. The maximum Gasteiger partial charge on any atom is 0.269 e. The summed E-state index contributed by atoms with van der Waals surface area (Å²) in [5.74, 6) is -2.19. The minimum absolute atomic E-state index is 0.0438. The van der Waals surface area contributed by atoms with Crippen LogP contribution in [0.2, 0.25) is 18.6 Å². The number of hydrogen-bond acceptors (Lipinski definition) is 8. The molecule has 0 radical (unpaired) electrons. The van der Waals surface area contributed by atoms with Crippen molar-refractivity contribution in [2.45, 2.75) is 82.3 Å². The van der Waals surface area contributed by atoms with E-state index in [-0.39, 0.29) is 43.3 Å². The highest BCUT2D eigenvalue weighted by Crippen LogP contribution is 2.60. The number of nitro benzene ring substituents is 1. The first-order valence-electron chi connectivity index (χ1n) is 16.7. The van der Waals surface area contributed by atoms with Crippen LogP contribution in [0.15, 0.2) is 66.7 Å². The minimum atomic E-state index is -3.66. The molecule has 1 fully saturated rings. The lowest BCUT2D eigenvalue weighted by molar-refractivity contribution is -0.385. The van der Waals surface area contributed by atoms with Gasteiger partial charge in [-0.1, -0.05) is 43.3 Å². The molecule has 0 unspecified atom stereocenters. The Balaban J connectivity index is 1.34. The Kier molecular flexibility index (Phi) is 9.41. The average molecular weight is 705 g/mol. The van der Waals surface area contributed by atoms with Crippen LogP contribution >= 0.6 is 0 Å². The van der Waals surface area contributed by atoms with Crippen LogP contribution in [-0.2, 0) is 44.2 Å². The summed E-state index contributed by atoms with van der Waals surface area (Å²) in [5, 5.41) is 34.3. The van der Waals surface area contributed by atoms with Gasteiger partial charge in [0.2, 0.25) is 14.3 Å². The highest BCUT2D eigenvalue weighted by Gasteiger charge is 2.67. The number of nitro groups is 1.